The predicted octanol–water partition coefficient (Wildman–Crippen LogP) is 1.71. The molecule has 0 fully saturated rings. The lowest BCUT2D eigenvalue weighted by Gasteiger charge is -2.14. The van der Waals surface area contributed by atoms with Crippen molar-refractivity contribution in [3.05, 3.63) is 17.7 Å². The van der Waals surface area contributed by atoms with Gasteiger partial charge >= 0.3 is 5.97 Å². The van der Waals surface area contributed by atoms with E-state index in [1.54, 1.807) is 6.33 Å². The summed E-state index contributed by atoms with van der Waals surface area (Å²) in [5, 5.41) is 0. The molecule has 0 aromatic carbocycles. The molecule has 0 saturated heterocycles. The van der Waals surface area contributed by atoms with E-state index in [0.717, 1.165) is 18.5 Å². The van der Waals surface area contributed by atoms with Crippen LogP contribution in [-0.2, 0) is 28.9 Å². The Kier molecular flexibility index (Phi) is 3.27. The van der Waals surface area contributed by atoms with Crippen LogP contribution in [0.2, 0.25) is 0 Å². The molecule has 0 amide bonds. The van der Waals surface area contributed by atoms with Crippen LogP contribution >= 0.6 is 0 Å². The normalized spacial score (nSPS) is 14.9. The molecule has 2 rings (SSSR count). The minimum absolute atomic E-state index is 0.0492. The van der Waals surface area contributed by atoms with Gasteiger partial charge in [-0.2, -0.15) is 0 Å². The van der Waals surface area contributed by atoms with E-state index in [0.29, 0.717) is 6.54 Å². The van der Waals surface area contributed by atoms with Crippen molar-refractivity contribution in [2.75, 3.05) is 0 Å². The molecule has 1 aliphatic carbocycles. The average molecular weight is 222 g/mol. The van der Waals surface area contributed by atoms with E-state index in [1.165, 1.54) is 18.5 Å². The highest BCUT2D eigenvalue weighted by molar-refractivity contribution is 5.69. The Hall–Kier alpha value is -1.32. The topological polar surface area (TPSA) is 44.1 Å². The highest BCUT2D eigenvalue weighted by Crippen LogP contribution is 2.19. The molecule has 1 heterocycles. The second-order valence-corrected chi connectivity index (χ2v) is 4.51. The van der Waals surface area contributed by atoms with E-state index in [-0.39, 0.29) is 12.1 Å². The van der Waals surface area contributed by atoms with Gasteiger partial charge in [-0.3, -0.25) is 4.79 Å². The summed E-state index contributed by atoms with van der Waals surface area (Å²) in [6.45, 7) is 4.02. The number of nitrogens with zero attached hydrogens (tertiary/aromatic N) is 2. The molecular formula is C12H18N2O2. The van der Waals surface area contributed by atoms with Gasteiger partial charge in [0.1, 0.15) is 6.54 Å². The first kappa shape index (κ1) is 11.2. The lowest BCUT2D eigenvalue weighted by molar-refractivity contribution is -0.148. The van der Waals surface area contributed by atoms with Crippen molar-refractivity contribution in [1.82, 2.24) is 9.55 Å². The van der Waals surface area contributed by atoms with Gasteiger partial charge in [-0.1, -0.05) is 0 Å². The summed E-state index contributed by atoms with van der Waals surface area (Å²) >= 11 is 0. The van der Waals surface area contributed by atoms with Crippen LogP contribution in [0.5, 0.6) is 0 Å². The summed E-state index contributed by atoms with van der Waals surface area (Å²) in [6.07, 6.45) is 6.19. The third kappa shape index (κ3) is 2.43. The third-order valence-corrected chi connectivity index (χ3v) is 2.78. The Morgan fingerprint density at radius 3 is 3.00 bits per heavy atom. The summed E-state index contributed by atoms with van der Waals surface area (Å²) in [5.74, 6) is -0.180. The summed E-state index contributed by atoms with van der Waals surface area (Å²) in [6, 6.07) is 0. The maximum atomic E-state index is 11.5. The summed E-state index contributed by atoms with van der Waals surface area (Å²) < 4.78 is 7.06. The van der Waals surface area contributed by atoms with Crippen molar-refractivity contribution in [2.24, 2.45) is 0 Å². The molecule has 88 valence electrons. The molecule has 4 heteroatoms. The van der Waals surface area contributed by atoms with Gasteiger partial charge in [-0.05, 0) is 39.5 Å². The Balaban J connectivity index is 2.04. The smallest absolute Gasteiger partial charge is 0.326 e. The van der Waals surface area contributed by atoms with Crippen molar-refractivity contribution in [1.29, 1.82) is 0 Å². The van der Waals surface area contributed by atoms with Crippen LogP contribution in [-0.4, -0.2) is 21.6 Å². The monoisotopic (exact) mass is 222 g/mol. The molecule has 0 saturated carbocycles. The molecule has 0 bridgehead atoms. The predicted molar refractivity (Wildman–Crippen MR) is 60.1 cm³/mol. The zero-order valence-corrected chi connectivity index (χ0v) is 9.90. The molecule has 0 atom stereocenters. The Labute approximate surface area is 95.6 Å². The maximum absolute atomic E-state index is 11.5. The van der Waals surface area contributed by atoms with E-state index in [4.69, 9.17) is 4.74 Å². The van der Waals surface area contributed by atoms with Crippen molar-refractivity contribution in [3.63, 3.8) is 0 Å². The largest absolute Gasteiger partial charge is 0.462 e. The lowest BCUT2D eigenvalue weighted by Crippen LogP contribution is -2.19. The maximum Gasteiger partial charge on any atom is 0.326 e. The molecule has 0 radical (unpaired) electrons. The molecule has 0 unspecified atom stereocenters. The van der Waals surface area contributed by atoms with E-state index in [9.17, 15) is 4.79 Å². The van der Waals surface area contributed by atoms with E-state index < -0.39 is 0 Å². The number of hydrogen-bond donors (Lipinski definition) is 0. The highest BCUT2D eigenvalue weighted by atomic mass is 16.5. The van der Waals surface area contributed by atoms with Crippen molar-refractivity contribution >= 4 is 5.97 Å². The summed E-state index contributed by atoms with van der Waals surface area (Å²) in [5.41, 5.74) is 2.37. The minimum Gasteiger partial charge on any atom is -0.462 e. The van der Waals surface area contributed by atoms with Crippen LogP contribution in [0, 0.1) is 0 Å². The van der Waals surface area contributed by atoms with Gasteiger partial charge in [0.15, 0.2) is 0 Å². The van der Waals surface area contributed by atoms with Crippen molar-refractivity contribution < 1.29 is 9.53 Å². The zero-order valence-electron chi connectivity index (χ0n) is 9.90. The standard InChI is InChI=1S/C12H18N2O2/c1-9(2)16-12(15)7-14-8-13-10-5-3-4-6-11(10)14/h8-9H,3-7H2,1-2H3. The highest BCUT2D eigenvalue weighted by Gasteiger charge is 2.17. The number of aryl methyl sites for hydroxylation is 1. The second-order valence-electron chi connectivity index (χ2n) is 4.51. The fourth-order valence-corrected chi connectivity index (χ4v) is 2.11. The first-order valence-corrected chi connectivity index (χ1v) is 5.89. The quantitative estimate of drug-likeness (QED) is 0.731. The van der Waals surface area contributed by atoms with Crippen LogP contribution < -0.4 is 0 Å². The number of imidazole rings is 1. The number of rotatable bonds is 3. The van der Waals surface area contributed by atoms with Gasteiger partial charge in [0.2, 0.25) is 0 Å². The second kappa shape index (κ2) is 4.68. The van der Waals surface area contributed by atoms with Gasteiger partial charge < -0.3 is 9.30 Å². The van der Waals surface area contributed by atoms with E-state index in [1.807, 2.05) is 18.4 Å². The molecule has 1 aromatic rings. The Morgan fingerprint density at radius 2 is 2.25 bits per heavy atom. The van der Waals surface area contributed by atoms with Crippen LogP contribution in [0.15, 0.2) is 6.33 Å². The Morgan fingerprint density at radius 1 is 1.50 bits per heavy atom. The molecular weight excluding hydrogens is 204 g/mol. The molecule has 4 nitrogen and oxygen atoms in total. The molecule has 0 spiro atoms. The van der Waals surface area contributed by atoms with Gasteiger partial charge in [-0.25, -0.2) is 4.98 Å². The fraction of sp³-hybridized carbons (Fsp3) is 0.667. The third-order valence-electron chi connectivity index (χ3n) is 2.78. The number of carbonyl (C=O) groups is 1. The van der Waals surface area contributed by atoms with E-state index in [2.05, 4.69) is 4.98 Å². The number of hydrogen-bond acceptors (Lipinski definition) is 3. The molecule has 1 aromatic heterocycles. The van der Waals surface area contributed by atoms with Crippen molar-refractivity contribution in [3.8, 4) is 0 Å². The first-order chi connectivity index (χ1) is 7.66. The molecule has 16 heavy (non-hydrogen) atoms. The van der Waals surface area contributed by atoms with Gasteiger partial charge in [0.25, 0.3) is 0 Å². The SMILES string of the molecule is CC(C)OC(=O)Cn1cnc2c1CCCC2. The van der Waals surface area contributed by atoms with Gasteiger partial charge in [-0.15, -0.1) is 0 Å². The van der Waals surface area contributed by atoms with Crippen LogP contribution in [0.4, 0.5) is 0 Å². The molecule has 0 aliphatic heterocycles. The number of esters is 1. The minimum atomic E-state index is -0.180. The van der Waals surface area contributed by atoms with Crippen LogP contribution in [0.25, 0.3) is 0 Å². The fourth-order valence-electron chi connectivity index (χ4n) is 2.11. The number of ether oxygens (including phenoxy) is 1. The molecule has 1 aliphatic rings. The van der Waals surface area contributed by atoms with Gasteiger partial charge in [0.05, 0.1) is 18.1 Å². The van der Waals surface area contributed by atoms with Crippen LogP contribution in [0.1, 0.15) is 38.1 Å². The summed E-state index contributed by atoms with van der Waals surface area (Å²) in [7, 11) is 0. The van der Waals surface area contributed by atoms with Crippen molar-refractivity contribution in [2.45, 2.75) is 52.2 Å². The summed E-state index contributed by atoms with van der Waals surface area (Å²) in [4.78, 5) is 15.9. The van der Waals surface area contributed by atoms with Gasteiger partial charge in [0, 0.05) is 5.69 Å². The number of fused-ring (bicyclic) bond motifs is 1. The van der Waals surface area contributed by atoms with E-state index >= 15 is 0 Å². The average Bonchev–Trinajstić information content (AvgIpc) is 2.61. The number of carbonyl (C=O) groups excluding carboxylic acids is 1. The molecule has 0 N–H and O–H groups in total. The first-order valence-electron chi connectivity index (χ1n) is 5.89. The lowest BCUT2D eigenvalue weighted by atomic mass is 10.0. The number of aromatic nitrogens is 2. The van der Waals surface area contributed by atoms with Crippen LogP contribution in [0.3, 0.4) is 0 Å². The Bertz CT molecular complexity index is 382. The zero-order chi connectivity index (χ0) is 11.5.